The van der Waals surface area contributed by atoms with E-state index in [0.29, 0.717) is 35.9 Å². The quantitative estimate of drug-likeness (QED) is 0.831. The summed E-state index contributed by atoms with van der Waals surface area (Å²) in [7, 11) is -3.52. The molecule has 2 N–H and O–H groups in total. The first-order valence-electron chi connectivity index (χ1n) is 6.31. The molecule has 0 saturated carbocycles. The summed E-state index contributed by atoms with van der Waals surface area (Å²) in [5.41, 5.74) is 7.70. The van der Waals surface area contributed by atoms with E-state index in [1.165, 1.54) is 4.31 Å². The zero-order valence-corrected chi connectivity index (χ0v) is 12.3. The molecule has 0 aliphatic carbocycles. The van der Waals surface area contributed by atoms with Crippen LogP contribution in [-0.4, -0.2) is 38.5 Å². The van der Waals surface area contributed by atoms with Gasteiger partial charge in [-0.2, -0.15) is 4.31 Å². The Morgan fingerprint density at radius 2 is 2.05 bits per heavy atom. The summed E-state index contributed by atoms with van der Waals surface area (Å²) in [6, 6.07) is 3.34. The zero-order chi connectivity index (χ0) is 14.2. The third kappa shape index (κ3) is 2.48. The molecule has 1 heterocycles. The Morgan fingerprint density at radius 1 is 1.37 bits per heavy atom. The molecule has 2 rings (SSSR count). The lowest BCUT2D eigenvalue weighted by molar-refractivity contribution is 0.0392. The Bertz CT molecular complexity index is 584. The Labute approximate surface area is 114 Å². The second kappa shape index (κ2) is 5.11. The van der Waals surface area contributed by atoms with Crippen molar-refractivity contribution in [2.45, 2.75) is 31.7 Å². The van der Waals surface area contributed by atoms with Gasteiger partial charge in [-0.15, -0.1) is 0 Å². The molecule has 0 spiro atoms. The largest absolute Gasteiger partial charge is 0.398 e. The number of benzene rings is 1. The van der Waals surface area contributed by atoms with Crippen molar-refractivity contribution in [3.8, 4) is 0 Å². The highest BCUT2D eigenvalue weighted by molar-refractivity contribution is 7.89. The van der Waals surface area contributed by atoms with Gasteiger partial charge in [-0.05, 0) is 38.0 Å². The monoisotopic (exact) mass is 284 g/mol. The van der Waals surface area contributed by atoms with Gasteiger partial charge in [0.1, 0.15) is 0 Å². The summed E-state index contributed by atoms with van der Waals surface area (Å²) in [6.45, 7) is 6.65. The van der Waals surface area contributed by atoms with E-state index in [-0.39, 0.29) is 6.04 Å². The molecule has 1 atom stereocenters. The first kappa shape index (κ1) is 14.3. The van der Waals surface area contributed by atoms with E-state index < -0.39 is 10.0 Å². The third-order valence-electron chi connectivity index (χ3n) is 3.52. The van der Waals surface area contributed by atoms with Crippen molar-refractivity contribution in [1.29, 1.82) is 0 Å². The van der Waals surface area contributed by atoms with Crippen LogP contribution in [0.15, 0.2) is 17.0 Å². The van der Waals surface area contributed by atoms with Crippen LogP contribution in [0, 0.1) is 13.8 Å². The first-order valence-corrected chi connectivity index (χ1v) is 7.75. The van der Waals surface area contributed by atoms with Gasteiger partial charge in [0.2, 0.25) is 10.0 Å². The lowest BCUT2D eigenvalue weighted by atomic mass is 10.1. The summed E-state index contributed by atoms with van der Waals surface area (Å²) in [5.74, 6) is 0. The maximum absolute atomic E-state index is 12.8. The van der Waals surface area contributed by atoms with Crippen molar-refractivity contribution >= 4 is 15.7 Å². The number of sulfonamides is 1. The van der Waals surface area contributed by atoms with Crippen LogP contribution in [0.5, 0.6) is 0 Å². The Morgan fingerprint density at radius 3 is 2.68 bits per heavy atom. The molecule has 1 aliphatic rings. The predicted octanol–water partition coefficient (Wildman–Crippen LogP) is 1.30. The lowest BCUT2D eigenvalue weighted by Crippen LogP contribution is -2.47. The number of nitrogens with two attached hydrogens (primary N) is 1. The number of hydrogen-bond acceptors (Lipinski definition) is 4. The van der Waals surface area contributed by atoms with Gasteiger partial charge in [0.15, 0.2) is 0 Å². The zero-order valence-electron chi connectivity index (χ0n) is 11.5. The SMILES string of the molecule is Cc1ccc(N)c(C)c1S(=O)(=O)N1CCOC[C@H]1C. The van der Waals surface area contributed by atoms with Crippen LogP contribution in [0.3, 0.4) is 0 Å². The molecule has 106 valence electrons. The molecular weight excluding hydrogens is 264 g/mol. The number of rotatable bonds is 2. The highest BCUT2D eigenvalue weighted by Crippen LogP contribution is 2.29. The molecule has 6 heteroatoms. The van der Waals surface area contributed by atoms with Crippen LogP contribution >= 0.6 is 0 Å². The molecule has 1 aromatic carbocycles. The van der Waals surface area contributed by atoms with Gasteiger partial charge >= 0.3 is 0 Å². The van der Waals surface area contributed by atoms with Crippen molar-refractivity contribution in [2.75, 3.05) is 25.5 Å². The summed E-state index contributed by atoms with van der Waals surface area (Å²) >= 11 is 0. The van der Waals surface area contributed by atoms with Gasteiger partial charge in [-0.1, -0.05) is 6.07 Å². The summed E-state index contributed by atoms with van der Waals surface area (Å²) < 4.78 is 32.4. The maximum atomic E-state index is 12.8. The van der Waals surface area contributed by atoms with Gasteiger partial charge in [0.05, 0.1) is 18.1 Å². The van der Waals surface area contributed by atoms with Crippen molar-refractivity contribution < 1.29 is 13.2 Å². The Hall–Kier alpha value is -1.11. The molecule has 0 bridgehead atoms. The number of morpholine rings is 1. The fourth-order valence-corrected chi connectivity index (χ4v) is 4.49. The van der Waals surface area contributed by atoms with Crippen molar-refractivity contribution in [3.63, 3.8) is 0 Å². The number of nitrogens with zero attached hydrogens (tertiary/aromatic N) is 1. The van der Waals surface area contributed by atoms with Gasteiger partial charge in [-0.3, -0.25) is 0 Å². The average Bonchev–Trinajstić information content (AvgIpc) is 2.34. The molecule has 19 heavy (non-hydrogen) atoms. The van der Waals surface area contributed by atoms with Crippen LogP contribution in [0.4, 0.5) is 5.69 Å². The van der Waals surface area contributed by atoms with Gasteiger partial charge in [0.25, 0.3) is 0 Å². The van der Waals surface area contributed by atoms with E-state index in [4.69, 9.17) is 10.5 Å². The van der Waals surface area contributed by atoms with Crippen molar-refractivity contribution in [2.24, 2.45) is 0 Å². The Balaban J connectivity index is 2.53. The second-order valence-electron chi connectivity index (χ2n) is 4.97. The number of ether oxygens (including phenoxy) is 1. The molecule has 1 aliphatic heterocycles. The molecule has 0 unspecified atom stereocenters. The van der Waals surface area contributed by atoms with E-state index in [2.05, 4.69) is 0 Å². The predicted molar refractivity (Wildman–Crippen MR) is 74.5 cm³/mol. The minimum atomic E-state index is -3.52. The summed E-state index contributed by atoms with van der Waals surface area (Å²) in [6.07, 6.45) is 0. The van der Waals surface area contributed by atoms with E-state index in [0.717, 1.165) is 5.56 Å². The molecule has 0 aromatic heterocycles. The lowest BCUT2D eigenvalue weighted by Gasteiger charge is -2.33. The van der Waals surface area contributed by atoms with Crippen LogP contribution in [0.25, 0.3) is 0 Å². The Kier molecular flexibility index (Phi) is 3.85. The van der Waals surface area contributed by atoms with Crippen molar-refractivity contribution in [3.05, 3.63) is 23.3 Å². The van der Waals surface area contributed by atoms with Crippen molar-refractivity contribution in [1.82, 2.24) is 4.31 Å². The molecular formula is C13H20N2O3S. The molecule has 5 nitrogen and oxygen atoms in total. The molecule has 1 aromatic rings. The van der Waals surface area contributed by atoms with E-state index >= 15 is 0 Å². The first-order chi connectivity index (χ1) is 8.85. The van der Waals surface area contributed by atoms with Crippen LogP contribution < -0.4 is 5.73 Å². The smallest absolute Gasteiger partial charge is 0.244 e. The highest BCUT2D eigenvalue weighted by Gasteiger charge is 2.33. The minimum Gasteiger partial charge on any atom is -0.398 e. The number of anilines is 1. The molecule has 1 fully saturated rings. The topological polar surface area (TPSA) is 72.6 Å². The molecule has 0 radical (unpaired) electrons. The second-order valence-corrected chi connectivity index (χ2v) is 6.79. The number of hydrogen-bond donors (Lipinski definition) is 1. The van der Waals surface area contributed by atoms with Crippen LogP contribution in [0.1, 0.15) is 18.1 Å². The fourth-order valence-electron chi connectivity index (χ4n) is 2.43. The summed E-state index contributed by atoms with van der Waals surface area (Å²) in [4.78, 5) is 0.334. The maximum Gasteiger partial charge on any atom is 0.244 e. The number of nitrogen functional groups attached to an aromatic ring is 1. The van der Waals surface area contributed by atoms with Gasteiger partial charge in [-0.25, -0.2) is 8.42 Å². The van der Waals surface area contributed by atoms with E-state index in [1.54, 1.807) is 26.0 Å². The van der Waals surface area contributed by atoms with E-state index in [9.17, 15) is 8.42 Å². The van der Waals surface area contributed by atoms with Crippen LogP contribution in [0.2, 0.25) is 0 Å². The minimum absolute atomic E-state index is 0.154. The molecule has 1 saturated heterocycles. The normalized spacial score (nSPS) is 21.5. The summed E-state index contributed by atoms with van der Waals surface area (Å²) in [5, 5.41) is 0. The van der Waals surface area contributed by atoms with Gasteiger partial charge < -0.3 is 10.5 Å². The molecule has 0 amide bonds. The van der Waals surface area contributed by atoms with Crippen LogP contribution in [-0.2, 0) is 14.8 Å². The standard InChI is InChI=1S/C13H20N2O3S/c1-9-4-5-12(14)11(3)13(9)19(16,17)15-6-7-18-8-10(15)2/h4-5,10H,6-8,14H2,1-3H3/t10-/m1/s1. The van der Waals surface area contributed by atoms with E-state index in [1.807, 2.05) is 6.92 Å². The third-order valence-corrected chi connectivity index (χ3v) is 5.82. The van der Waals surface area contributed by atoms with Gasteiger partial charge in [0, 0.05) is 18.3 Å². The fraction of sp³-hybridized carbons (Fsp3) is 0.538. The highest BCUT2D eigenvalue weighted by atomic mass is 32.2. The average molecular weight is 284 g/mol. The number of aryl methyl sites for hydroxylation is 1.